The standard InChI is InChI=1S/C22H18N2O4S/c1-13-20(14(2)25)29-22(23-13)24-21(26)19-10-9-18(28-19)12-27-17-8-7-15-5-3-4-6-16(15)11-17/h3-11H,12H2,1-2H3,(H,23,24,26). The second-order valence-corrected chi connectivity index (χ2v) is 7.51. The van der Waals surface area contributed by atoms with E-state index >= 15 is 0 Å². The molecule has 0 spiro atoms. The van der Waals surface area contributed by atoms with Crippen molar-refractivity contribution < 1.29 is 18.7 Å². The number of thiazole rings is 1. The van der Waals surface area contributed by atoms with Crippen molar-refractivity contribution in [3.05, 3.63) is 76.7 Å². The van der Waals surface area contributed by atoms with Crippen molar-refractivity contribution in [1.29, 1.82) is 0 Å². The first-order chi connectivity index (χ1) is 14.0. The van der Waals surface area contributed by atoms with E-state index in [1.807, 2.05) is 42.5 Å². The third-order valence-electron chi connectivity index (χ3n) is 4.32. The quantitative estimate of drug-likeness (QED) is 0.443. The summed E-state index contributed by atoms with van der Waals surface area (Å²) in [7, 11) is 0. The maximum Gasteiger partial charge on any atom is 0.293 e. The lowest BCUT2D eigenvalue weighted by Gasteiger charge is -2.05. The summed E-state index contributed by atoms with van der Waals surface area (Å²) in [6.07, 6.45) is 0. The molecular formula is C22H18N2O4S. The van der Waals surface area contributed by atoms with Gasteiger partial charge < -0.3 is 9.15 Å². The Kier molecular flexibility index (Phi) is 5.14. The predicted molar refractivity (Wildman–Crippen MR) is 112 cm³/mol. The average Bonchev–Trinajstić information content (AvgIpc) is 3.33. The van der Waals surface area contributed by atoms with Gasteiger partial charge in [0, 0.05) is 6.92 Å². The van der Waals surface area contributed by atoms with E-state index < -0.39 is 5.91 Å². The van der Waals surface area contributed by atoms with E-state index in [0.717, 1.165) is 27.9 Å². The Bertz CT molecular complexity index is 1210. The topological polar surface area (TPSA) is 81.4 Å². The number of aryl methyl sites for hydroxylation is 1. The van der Waals surface area contributed by atoms with E-state index in [1.165, 1.54) is 6.92 Å². The number of nitrogens with zero attached hydrogens (tertiary/aromatic N) is 1. The van der Waals surface area contributed by atoms with E-state index in [-0.39, 0.29) is 18.2 Å². The molecule has 0 radical (unpaired) electrons. The average molecular weight is 406 g/mol. The molecule has 0 atom stereocenters. The normalized spacial score (nSPS) is 10.8. The Balaban J connectivity index is 1.40. The largest absolute Gasteiger partial charge is 0.486 e. The van der Waals surface area contributed by atoms with Gasteiger partial charge in [-0.3, -0.25) is 14.9 Å². The van der Waals surface area contributed by atoms with Crippen LogP contribution in [0.2, 0.25) is 0 Å². The van der Waals surface area contributed by atoms with Crippen LogP contribution in [0.5, 0.6) is 5.75 Å². The van der Waals surface area contributed by atoms with E-state index in [2.05, 4.69) is 10.3 Å². The SMILES string of the molecule is CC(=O)c1sc(NC(=O)c2ccc(COc3ccc4ccccc4c3)o2)nc1C. The number of aromatic nitrogens is 1. The fourth-order valence-electron chi connectivity index (χ4n) is 2.92. The van der Waals surface area contributed by atoms with E-state index in [4.69, 9.17) is 9.15 Å². The molecule has 7 heteroatoms. The highest BCUT2D eigenvalue weighted by Gasteiger charge is 2.16. The van der Waals surface area contributed by atoms with Crippen LogP contribution in [0, 0.1) is 6.92 Å². The van der Waals surface area contributed by atoms with Gasteiger partial charge in [0.15, 0.2) is 16.7 Å². The highest BCUT2D eigenvalue weighted by molar-refractivity contribution is 7.17. The summed E-state index contributed by atoms with van der Waals surface area (Å²) in [6.45, 7) is 3.41. The fraction of sp³-hybridized carbons (Fsp3) is 0.136. The predicted octanol–water partition coefficient (Wildman–Crippen LogP) is 5.23. The molecule has 6 nitrogen and oxygen atoms in total. The smallest absolute Gasteiger partial charge is 0.293 e. The summed E-state index contributed by atoms with van der Waals surface area (Å²) >= 11 is 1.15. The van der Waals surface area contributed by atoms with Gasteiger partial charge in [0.25, 0.3) is 5.91 Å². The molecule has 4 rings (SSSR count). The maximum atomic E-state index is 12.4. The number of nitrogens with one attached hydrogen (secondary N) is 1. The third-order valence-corrected chi connectivity index (χ3v) is 5.50. The number of ether oxygens (including phenoxy) is 1. The zero-order valence-corrected chi connectivity index (χ0v) is 16.7. The van der Waals surface area contributed by atoms with Crippen LogP contribution in [0.4, 0.5) is 5.13 Å². The molecule has 0 aliphatic carbocycles. The lowest BCUT2D eigenvalue weighted by atomic mass is 10.1. The minimum Gasteiger partial charge on any atom is -0.486 e. The molecule has 1 amide bonds. The van der Waals surface area contributed by atoms with Crippen LogP contribution in [-0.2, 0) is 6.61 Å². The van der Waals surface area contributed by atoms with E-state index in [1.54, 1.807) is 19.1 Å². The van der Waals surface area contributed by atoms with Gasteiger partial charge in [-0.25, -0.2) is 4.98 Å². The molecule has 0 aliphatic heterocycles. The lowest BCUT2D eigenvalue weighted by molar-refractivity contribution is 0.0990. The van der Waals surface area contributed by atoms with Crippen LogP contribution in [0.25, 0.3) is 10.8 Å². The number of benzene rings is 2. The van der Waals surface area contributed by atoms with Gasteiger partial charge >= 0.3 is 0 Å². The molecule has 0 saturated carbocycles. The Labute approximate surface area is 171 Å². The number of carbonyl (C=O) groups excluding carboxylic acids is 2. The van der Waals surface area contributed by atoms with Crippen molar-refractivity contribution in [3.8, 4) is 5.75 Å². The summed E-state index contributed by atoms with van der Waals surface area (Å²) in [4.78, 5) is 28.6. The van der Waals surface area contributed by atoms with Crippen molar-refractivity contribution in [2.24, 2.45) is 0 Å². The molecule has 2 aromatic carbocycles. The fourth-order valence-corrected chi connectivity index (χ4v) is 3.78. The molecule has 29 heavy (non-hydrogen) atoms. The first-order valence-corrected chi connectivity index (χ1v) is 9.81. The van der Waals surface area contributed by atoms with E-state index in [0.29, 0.717) is 21.5 Å². The highest BCUT2D eigenvalue weighted by atomic mass is 32.1. The highest BCUT2D eigenvalue weighted by Crippen LogP contribution is 2.24. The van der Waals surface area contributed by atoms with Crippen molar-refractivity contribution in [2.75, 3.05) is 5.32 Å². The van der Waals surface area contributed by atoms with Crippen molar-refractivity contribution in [1.82, 2.24) is 4.98 Å². The van der Waals surface area contributed by atoms with Gasteiger partial charge in [-0.2, -0.15) is 0 Å². The summed E-state index contributed by atoms with van der Waals surface area (Å²) in [5.41, 5.74) is 0.599. The number of hydrogen-bond acceptors (Lipinski definition) is 6. The van der Waals surface area contributed by atoms with Gasteiger partial charge in [-0.05, 0) is 42.0 Å². The lowest BCUT2D eigenvalue weighted by Crippen LogP contribution is -2.10. The number of fused-ring (bicyclic) bond motifs is 1. The third kappa shape index (κ3) is 4.20. The number of anilines is 1. The summed E-state index contributed by atoms with van der Waals surface area (Å²) in [6, 6.07) is 17.2. The van der Waals surface area contributed by atoms with Gasteiger partial charge in [-0.15, -0.1) is 0 Å². The number of hydrogen-bond donors (Lipinski definition) is 1. The molecule has 1 N–H and O–H groups in total. The number of Topliss-reactive ketones (excluding diaryl/α,β-unsaturated/α-hetero) is 1. The number of carbonyl (C=O) groups is 2. The molecule has 2 heterocycles. The molecule has 0 aliphatic rings. The Morgan fingerprint density at radius 2 is 1.90 bits per heavy atom. The molecule has 0 unspecified atom stereocenters. The molecule has 4 aromatic rings. The Morgan fingerprint density at radius 1 is 1.10 bits per heavy atom. The zero-order chi connectivity index (χ0) is 20.4. The minimum atomic E-state index is -0.425. The number of amides is 1. The monoisotopic (exact) mass is 406 g/mol. The maximum absolute atomic E-state index is 12.4. The van der Waals surface area contributed by atoms with Gasteiger partial charge in [0.1, 0.15) is 18.1 Å². The van der Waals surface area contributed by atoms with Crippen molar-refractivity contribution >= 4 is 38.9 Å². The number of furan rings is 1. The van der Waals surface area contributed by atoms with Crippen LogP contribution in [0.15, 0.2) is 59.0 Å². The number of ketones is 1. The molecule has 146 valence electrons. The van der Waals surface area contributed by atoms with Crippen LogP contribution < -0.4 is 10.1 Å². The molecule has 2 aromatic heterocycles. The van der Waals surface area contributed by atoms with Gasteiger partial charge in [0.2, 0.25) is 0 Å². The van der Waals surface area contributed by atoms with Crippen LogP contribution in [-0.4, -0.2) is 16.7 Å². The van der Waals surface area contributed by atoms with E-state index in [9.17, 15) is 9.59 Å². The number of rotatable bonds is 6. The zero-order valence-electron chi connectivity index (χ0n) is 15.9. The van der Waals surface area contributed by atoms with Gasteiger partial charge in [0.05, 0.1) is 10.6 Å². The Hall–Kier alpha value is -3.45. The molecular weight excluding hydrogens is 388 g/mol. The Morgan fingerprint density at radius 3 is 2.66 bits per heavy atom. The van der Waals surface area contributed by atoms with Crippen molar-refractivity contribution in [3.63, 3.8) is 0 Å². The second-order valence-electron chi connectivity index (χ2n) is 6.51. The first kappa shape index (κ1) is 18.9. The molecule has 0 fully saturated rings. The molecule has 0 bridgehead atoms. The van der Waals surface area contributed by atoms with Crippen LogP contribution in [0.1, 0.15) is 38.6 Å². The summed E-state index contributed by atoms with van der Waals surface area (Å²) < 4.78 is 11.4. The summed E-state index contributed by atoms with van der Waals surface area (Å²) in [5.74, 6) is 0.904. The van der Waals surface area contributed by atoms with Gasteiger partial charge in [-0.1, -0.05) is 41.7 Å². The molecule has 0 saturated heterocycles. The van der Waals surface area contributed by atoms with Crippen molar-refractivity contribution in [2.45, 2.75) is 20.5 Å². The van der Waals surface area contributed by atoms with Crippen LogP contribution >= 0.6 is 11.3 Å². The first-order valence-electron chi connectivity index (χ1n) is 8.99. The minimum absolute atomic E-state index is 0.0772. The second kappa shape index (κ2) is 7.89. The van der Waals surface area contributed by atoms with Crippen LogP contribution in [0.3, 0.4) is 0 Å². The summed E-state index contributed by atoms with van der Waals surface area (Å²) in [5, 5.41) is 5.26.